The van der Waals surface area contributed by atoms with Gasteiger partial charge in [-0.2, -0.15) is 0 Å². The Morgan fingerprint density at radius 1 is 0.969 bits per heavy atom. The number of nitro benzene ring substituents is 1. The molecule has 164 valence electrons. The van der Waals surface area contributed by atoms with Gasteiger partial charge in [0.25, 0.3) is 5.69 Å². The molecule has 3 aromatic carbocycles. The molecule has 0 unspecified atom stereocenters. The fourth-order valence-electron chi connectivity index (χ4n) is 3.89. The summed E-state index contributed by atoms with van der Waals surface area (Å²) in [6.45, 7) is 1.70. The lowest BCUT2D eigenvalue weighted by Gasteiger charge is -2.32. The van der Waals surface area contributed by atoms with Gasteiger partial charge in [0, 0.05) is 30.8 Å². The second-order valence-corrected chi connectivity index (χ2v) is 7.80. The zero-order valence-corrected chi connectivity index (χ0v) is 17.6. The predicted octanol–water partition coefficient (Wildman–Crippen LogP) is 5.03. The number of hydrogen-bond donors (Lipinski definition) is 1. The van der Waals surface area contributed by atoms with Crippen LogP contribution in [-0.4, -0.2) is 23.9 Å². The van der Waals surface area contributed by atoms with Crippen LogP contribution >= 0.6 is 0 Å². The molecule has 0 aromatic heterocycles. The van der Waals surface area contributed by atoms with Crippen molar-refractivity contribution in [2.75, 3.05) is 23.3 Å². The van der Waals surface area contributed by atoms with Gasteiger partial charge >= 0.3 is 0 Å². The third kappa shape index (κ3) is 5.24. The van der Waals surface area contributed by atoms with Gasteiger partial charge < -0.3 is 15.0 Å². The minimum absolute atomic E-state index is 0.0230. The summed E-state index contributed by atoms with van der Waals surface area (Å²) in [5.41, 5.74) is 2.53. The smallest absolute Gasteiger partial charge is 0.292 e. The van der Waals surface area contributed by atoms with Crippen molar-refractivity contribution < 1.29 is 14.5 Å². The van der Waals surface area contributed by atoms with E-state index in [1.807, 2.05) is 59.5 Å². The second-order valence-electron chi connectivity index (χ2n) is 7.80. The second kappa shape index (κ2) is 9.96. The van der Waals surface area contributed by atoms with E-state index in [9.17, 15) is 14.9 Å². The number of anilines is 2. The van der Waals surface area contributed by atoms with E-state index in [1.165, 1.54) is 6.07 Å². The van der Waals surface area contributed by atoms with Crippen LogP contribution in [0.5, 0.6) is 5.75 Å². The van der Waals surface area contributed by atoms with Crippen LogP contribution in [0.2, 0.25) is 0 Å². The van der Waals surface area contributed by atoms with E-state index in [4.69, 9.17) is 4.74 Å². The zero-order valence-electron chi connectivity index (χ0n) is 17.6. The number of nitrogens with one attached hydrogen (secondary N) is 1. The van der Waals surface area contributed by atoms with Crippen LogP contribution in [0.4, 0.5) is 17.1 Å². The van der Waals surface area contributed by atoms with Gasteiger partial charge in [0.1, 0.15) is 18.0 Å². The third-order valence-electron chi connectivity index (χ3n) is 5.66. The highest BCUT2D eigenvalue weighted by Crippen LogP contribution is 2.31. The Bertz CT molecular complexity index is 1060. The molecule has 1 aliphatic rings. The van der Waals surface area contributed by atoms with Gasteiger partial charge in [-0.15, -0.1) is 0 Å². The first kappa shape index (κ1) is 21.4. The van der Waals surface area contributed by atoms with E-state index in [-0.39, 0.29) is 22.4 Å². The van der Waals surface area contributed by atoms with Gasteiger partial charge in [-0.25, -0.2) is 0 Å². The van der Waals surface area contributed by atoms with Crippen molar-refractivity contribution in [3.63, 3.8) is 0 Å². The quantitative estimate of drug-likeness (QED) is 0.419. The summed E-state index contributed by atoms with van der Waals surface area (Å²) in [6, 6.07) is 24.0. The summed E-state index contributed by atoms with van der Waals surface area (Å²) >= 11 is 0. The minimum atomic E-state index is -0.360. The normalized spacial score (nSPS) is 14.1. The van der Waals surface area contributed by atoms with E-state index >= 15 is 0 Å². The number of para-hydroxylation sites is 2. The standard InChI is InChI=1S/C25H25N3O4/c29-25(20-14-16-27(17-15-20)23-8-4-5-9-24(23)28(30)31)26-21-10-12-22(13-11-21)32-18-19-6-2-1-3-7-19/h1-13,20H,14-18H2,(H,26,29). The fourth-order valence-corrected chi connectivity index (χ4v) is 3.89. The van der Waals surface area contributed by atoms with Crippen LogP contribution in [0.3, 0.4) is 0 Å². The van der Waals surface area contributed by atoms with Crippen LogP contribution in [0.15, 0.2) is 78.9 Å². The van der Waals surface area contributed by atoms with Crippen molar-refractivity contribution >= 4 is 23.0 Å². The Morgan fingerprint density at radius 3 is 2.31 bits per heavy atom. The summed E-state index contributed by atoms with van der Waals surface area (Å²) in [5, 5.41) is 14.3. The van der Waals surface area contributed by atoms with Gasteiger partial charge in [-0.1, -0.05) is 42.5 Å². The molecule has 1 saturated heterocycles. The van der Waals surface area contributed by atoms with E-state index in [0.29, 0.717) is 38.2 Å². The fraction of sp³-hybridized carbons (Fsp3) is 0.240. The summed E-state index contributed by atoms with van der Waals surface area (Å²) in [7, 11) is 0. The van der Waals surface area contributed by atoms with Crippen molar-refractivity contribution in [1.82, 2.24) is 0 Å². The van der Waals surface area contributed by atoms with Crippen molar-refractivity contribution in [1.29, 1.82) is 0 Å². The number of hydrogen-bond acceptors (Lipinski definition) is 5. The zero-order chi connectivity index (χ0) is 22.3. The lowest BCUT2D eigenvalue weighted by atomic mass is 9.95. The number of benzene rings is 3. The van der Waals surface area contributed by atoms with E-state index in [0.717, 1.165) is 17.0 Å². The van der Waals surface area contributed by atoms with Gasteiger partial charge in [-0.05, 0) is 48.7 Å². The lowest BCUT2D eigenvalue weighted by molar-refractivity contribution is -0.384. The number of carbonyl (C=O) groups is 1. The molecule has 0 bridgehead atoms. The maximum absolute atomic E-state index is 12.7. The number of nitrogens with zero attached hydrogens (tertiary/aromatic N) is 2. The molecule has 1 aliphatic heterocycles. The van der Waals surface area contributed by atoms with Gasteiger partial charge in [-0.3, -0.25) is 14.9 Å². The lowest BCUT2D eigenvalue weighted by Crippen LogP contribution is -2.38. The van der Waals surface area contributed by atoms with Crippen molar-refractivity contribution in [2.24, 2.45) is 5.92 Å². The average Bonchev–Trinajstić information content (AvgIpc) is 2.84. The minimum Gasteiger partial charge on any atom is -0.489 e. The summed E-state index contributed by atoms with van der Waals surface area (Å²) in [5.74, 6) is 0.595. The molecule has 0 spiro atoms. The number of piperidine rings is 1. The van der Waals surface area contributed by atoms with Crippen molar-refractivity contribution in [2.45, 2.75) is 19.4 Å². The number of rotatable bonds is 7. The average molecular weight is 431 g/mol. The van der Waals surface area contributed by atoms with Crippen LogP contribution < -0.4 is 15.0 Å². The topological polar surface area (TPSA) is 84.7 Å². The summed E-state index contributed by atoms with van der Waals surface area (Å²) in [6.07, 6.45) is 1.30. The molecule has 1 fully saturated rings. The molecule has 0 saturated carbocycles. The van der Waals surface area contributed by atoms with E-state index < -0.39 is 0 Å². The van der Waals surface area contributed by atoms with E-state index in [2.05, 4.69) is 5.32 Å². The number of amides is 1. The summed E-state index contributed by atoms with van der Waals surface area (Å²) < 4.78 is 5.78. The number of ether oxygens (including phenoxy) is 1. The van der Waals surface area contributed by atoms with Crippen LogP contribution in [-0.2, 0) is 11.4 Å². The molecule has 0 aliphatic carbocycles. The van der Waals surface area contributed by atoms with Crippen LogP contribution in [0, 0.1) is 16.0 Å². The van der Waals surface area contributed by atoms with E-state index in [1.54, 1.807) is 18.2 Å². The molecule has 4 rings (SSSR count). The molecule has 7 nitrogen and oxygen atoms in total. The highest BCUT2D eigenvalue weighted by molar-refractivity contribution is 5.92. The first-order valence-electron chi connectivity index (χ1n) is 10.7. The molecule has 1 N–H and O–H groups in total. The largest absolute Gasteiger partial charge is 0.489 e. The number of carbonyl (C=O) groups excluding carboxylic acids is 1. The Morgan fingerprint density at radius 2 is 1.62 bits per heavy atom. The van der Waals surface area contributed by atoms with Crippen LogP contribution in [0.1, 0.15) is 18.4 Å². The summed E-state index contributed by atoms with van der Waals surface area (Å²) in [4.78, 5) is 25.6. The molecule has 0 radical (unpaired) electrons. The molecule has 3 aromatic rings. The van der Waals surface area contributed by atoms with Gasteiger partial charge in [0.05, 0.1) is 4.92 Å². The Kier molecular flexibility index (Phi) is 6.65. The Hall–Kier alpha value is -3.87. The molecular formula is C25H25N3O4. The highest BCUT2D eigenvalue weighted by Gasteiger charge is 2.28. The first-order chi connectivity index (χ1) is 15.6. The molecule has 32 heavy (non-hydrogen) atoms. The Balaban J connectivity index is 1.28. The van der Waals surface area contributed by atoms with Crippen LogP contribution in [0.25, 0.3) is 0 Å². The molecule has 1 amide bonds. The Labute approximate surface area is 186 Å². The molecule has 1 heterocycles. The first-order valence-corrected chi connectivity index (χ1v) is 10.7. The SMILES string of the molecule is O=C(Nc1ccc(OCc2ccccc2)cc1)C1CCN(c2ccccc2[N+](=O)[O-])CC1. The monoisotopic (exact) mass is 431 g/mol. The van der Waals surface area contributed by atoms with Gasteiger partial charge in [0.15, 0.2) is 0 Å². The maximum Gasteiger partial charge on any atom is 0.292 e. The van der Waals surface area contributed by atoms with Gasteiger partial charge in [0.2, 0.25) is 5.91 Å². The predicted molar refractivity (Wildman–Crippen MR) is 124 cm³/mol. The van der Waals surface area contributed by atoms with Crippen molar-refractivity contribution in [3.05, 3.63) is 94.5 Å². The van der Waals surface area contributed by atoms with Crippen molar-refractivity contribution in [3.8, 4) is 5.75 Å². The third-order valence-corrected chi connectivity index (χ3v) is 5.66. The molecular weight excluding hydrogens is 406 g/mol. The number of nitro groups is 1. The highest BCUT2D eigenvalue weighted by atomic mass is 16.6. The molecule has 7 heteroatoms. The molecule has 0 atom stereocenters. The maximum atomic E-state index is 12.7.